The second kappa shape index (κ2) is 5.19. The molecule has 0 spiro atoms. The van der Waals surface area contributed by atoms with Gasteiger partial charge in [0, 0.05) is 5.38 Å². The van der Waals surface area contributed by atoms with Gasteiger partial charge in [-0.1, -0.05) is 17.3 Å². The molecule has 0 radical (unpaired) electrons. The number of aromatic nitrogens is 3. The Kier molecular flexibility index (Phi) is 3.24. The van der Waals surface area contributed by atoms with Crippen molar-refractivity contribution in [2.45, 2.75) is 0 Å². The van der Waals surface area contributed by atoms with Crippen molar-refractivity contribution in [1.29, 1.82) is 0 Å². The molecule has 19 heavy (non-hydrogen) atoms. The number of isothiocyanates is 1. The summed E-state index contributed by atoms with van der Waals surface area (Å²) in [6, 6.07) is 7.36. The van der Waals surface area contributed by atoms with Crippen LogP contribution < -0.4 is 0 Å². The van der Waals surface area contributed by atoms with E-state index in [1.807, 2.05) is 23.6 Å². The molecule has 2 heterocycles. The first-order valence-electron chi connectivity index (χ1n) is 5.28. The van der Waals surface area contributed by atoms with Gasteiger partial charge >= 0.3 is 0 Å². The van der Waals surface area contributed by atoms with Gasteiger partial charge in [0.2, 0.25) is 5.82 Å². The smallest absolute Gasteiger partial charge is 0.260 e. The van der Waals surface area contributed by atoms with E-state index in [9.17, 15) is 0 Å². The molecular formula is C12H6N4OS2. The first-order chi connectivity index (χ1) is 9.38. The zero-order chi connectivity index (χ0) is 13.1. The fourth-order valence-electron chi connectivity index (χ4n) is 1.56. The maximum Gasteiger partial charge on any atom is 0.260 e. The van der Waals surface area contributed by atoms with E-state index in [2.05, 4.69) is 37.5 Å². The lowest BCUT2D eigenvalue weighted by Crippen LogP contribution is -1.81. The fourth-order valence-corrected chi connectivity index (χ4v) is 2.19. The van der Waals surface area contributed by atoms with Crippen LogP contribution in [0.4, 0.5) is 5.69 Å². The van der Waals surface area contributed by atoms with Gasteiger partial charge in [0.25, 0.3) is 5.89 Å². The molecule has 92 valence electrons. The Morgan fingerprint density at radius 3 is 3.00 bits per heavy atom. The Labute approximate surface area is 117 Å². The van der Waals surface area contributed by atoms with E-state index in [0.717, 1.165) is 0 Å². The molecule has 5 nitrogen and oxygen atoms in total. The van der Waals surface area contributed by atoms with Crippen LogP contribution in [0.2, 0.25) is 0 Å². The zero-order valence-corrected chi connectivity index (χ0v) is 11.1. The summed E-state index contributed by atoms with van der Waals surface area (Å²) in [6.07, 6.45) is 0. The lowest BCUT2D eigenvalue weighted by atomic mass is 10.2. The van der Waals surface area contributed by atoms with Gasteiger partial charge in [-0.3, -0.25) is 0 Å². The Morgan fingerprint density at radius 2 is 2.21 bits per heavy atom. The van der Waals surface area contributed by atoms with Crippen LogP contribution in [0.25, 0.3) is 23.0 Å². The fraction of sp³-hybridized carbons (Fsp3) is 0. The number of hydrogen-bond acceptors (Lipinski definition) is 7. The lowest BCUT2D eigenvalue weighted by Gasteiger charge is -1.97. The van der Waals surface area contributed by atoms with Gasteiger partial charge in [-0.25, -0.2) is 4.98 Å². The molecule has 0 aliphatic carbocycles. The molecule has 0 fully saturated rings. The Balaban J connectivity index is 2.06. The molecule has 0 bridgehead atoms. The summed E-state index contributed by atoms with van der Waals surface area (Å²) in [5.74, 6) is 0.838. The van der Waals surface area contributed by atoms with Crippen molar-refractivity contribution in [3.63, 3.8) is 0 Å². The minimum absolute atomic E-state index is 0.382. The number of nitrogens with zero attached hydrogens (tertiary/aromatic N) is 4. The van der Waals surface area contributed by atoms with Crippen LogP contribution in [-0.2, 0) is 0 Å². The van der Waals surface area contributed by atoms with E-state index in [0.29, 0.717) is 28.7 Å². The molecule has 2 aromatic heterocycles. The van der Waals surface area contributed by atoms with Crippen LogP contribution in [0.1, 0.15) is 0 Å². The third-order valence-corrected chi connectivity index (χ3v) is 3.07. The summed E-state index contributed by atoms with van der Waals surface area (Å²) >= 11 is 6.10. The first kappa shape index (κ1) is 11.9. The van der Waals surface area contributed by atoms with Crippen molar-refractivity contribution in [3.05, 3.63) is 35.2 Å². The average molecular weight is 286 g/mol. The summed E-state index contributed by atoms with van der Waals surface area (Å²) in [5, 5.41) is 8.10. The summed E-state index contributed by atoms with van der Waals surface area (Å²) in [4.78, 5) is 12.4. The maximum atomic E-state index is 5.24. The molecule has 1 aromatic carbocycles. The van der Waals surface area contributed by atoms with Gasteiger partial charge in [0.15, 0.2) is 0 Å². The molecule has 0 amide bonds. The third-order valence-electron chi connectivity index (χ3n) is 2.39. The molecule has 0 atom stereocenters. The van der Waals surface area contributed by atoms with Gasteiger partial charge in [-0.15, -0.1) is 11.3 Å². The minimum atomic E-state index is 0.382. The maximum absolute atomic E-state index is 5.24. The van der Waals surface area contributed by atoms with Crippen molar-refractivity contribution in [1.82, 2.24) is 15.1 Å². The number of hydrogen-bond donors (Lipinski definition) is 0. The van der Waals surface area contributed by atoms with Gasteiger partial charge in [0.1, 0.15) is 5.69 Å². The average Bonchev–Trinajstić information content (AvgIpc) is 3.11. The molecule has 0 saturated carbocycles. The van der Waals surface area contributed by atoms with Crippen LogP contribution in [0.3, 0.4) is 0 Å². The van der Waals surface area contributed by atoms with Crippen molar-refractivity contribution < 1.29 is 4.52 Å². The van der Waals surface area contributed by atoms with E-state index >= 15 is 0 Å². The highest BCUT2D eigenvalue weighted by molar-refractivity contribution is 7.78. The molecule has 0 aliphatic heterocycles. The number of rotatable bonds is 3. The van der Waals surface area contributed by atoms with Crippen LogP contribution >= 0.6 is 23.6 Å². The molecule has 0 N–H and O–H groups in total. The first-order valence-corrected chi connectivity index (χ1v) is 6.63. The normalized spacial score (nSPS) is 10.1. The number of benzene rings is 1. The highest BCUT2D eigenvalue weighted by Gasteiger charge is 2.14. The van der Waals surface area contributed by atoms with Crippen LogP contribution in [0.5, 0.6) is 0 Å². The van der Waals surface area contributed by atoms with Crippen molar-refractivity contribution in [2.75, 3.05) is 0 Å². The highest BCUT2D eigenvalue weighted by Crippen LogP contribution is 2.29. The van der Waals surface area contributed by atoms with Gasteiger partial charge in [-0.2, -0.15) is 9.98 Å². The molecule has 3 aromatic rings. The predicted octanol–water partition coefficient (Wildman–Crippen LogP) is 3.59. The second-order valence-corrected chi connectivity index (χ2v) is 4.42. The number of aliphatic imine (C=N–C) groups is 1. The standard InChI is InChI=1S/C12H6N4OS2/c18-6-13-9-4-2-1-3-8(9)12-15-11(16-17-12)10-5-19-7-14-10/h1-5,7H. The summed E-state index contributed by atoms with van der Waals surface area (Å²) in [6.45, 7) is 0. The molecule has 3 rings (SSSR count). The van der Waals surface area contributed by atoms with Crippen LogP contribution in [0, 0.1) is 0 Å². The monoisotopic (exact) mass is 286 g/mol. The van der Waals surface area contributed by atoms with Crippen molar-refractivity contribution >= 4 is 34.4 Å². The predicted molar refractivity (Wildman–Crippen MR) is 75.5 cm³/mol. The highest BCUT2D eigenvalue weighted by atomic mass is 32.1. The molecular weight excluding hydrogens is 280 g/mol. The Morgan fingerprint density at radius 1 is 1.32 bits per heavy atom. The Hall–Kier alpha value is -2.21. The quantitative estimate of drug-likeness (QED) is 0.543. The van der Waals surface area contributed by atoms with E-state index < -0.39 is 0 Å². The molecule has 0 saturated heterocycles. The topological polar surface area (TPSA) is 64.2 Å². The summed E-state index contributed by atoms with van der Waals surface area (Å²) < 4.78 is 5.24. The summed E-state index contributed by atoms with van der Waals surface area (Å²) in [5.41, 5.74) is 3.77. The van der Waals surface area contributed by atoms with Crippen molar-refractivity contribution in [3.8, 4) is 23.0 Å². The molecule has 0 aliphatic rings. The second-order valence-electron chi connectivity index (χ2n) is 3.52. The summed E-state index contributed by atoms with van der Waals surface area (Å²) in [7, 11) is 0. The van der Waals surface area contributed by atoms with Gasteiger partial charge in [0.05, 0.1) is 21.9 Å². The lowest BCUT2D eigenvalue weighted by molar-refractivity contribution is 0.432. The minimum Gasteiger partial charge on any atom is -0.333 e. The van der Waals surface area contributed by atoms with Crippen LogP contribution in [0.15, 0.2) is 44.7 Å². The third kappa shape index (κ3) is 2.34. The van der Waals surface area contributed by atoms with Gasteiger partial charge < -0.3 is 4.52 Å². The zero-order valence-electron chi connectivity index (χ0n) is 9.48. The molecule has 0 unspecified atom stereocenters. The largest absolute Gasteiger partial charge is 0.333 e. The number of thiazole rings is 1. The van der Waals surface area contributed by atoms with Crippen LogP contribution in [-0.4, -0.2) is 20.3 Å². The Bertz CT molecular complexity index is 745. The van der Waals surface area contributed by atoms with E-state index in [-0.39, 0.29) is 0 Å². The number of para-hydroxylation sites is 1. The number of thiocarbonyl (C=S) groups is 1. The van der Waals surface area contributed by atoms with E-state index in [4.69, 9.17) is 4.52 Å². The van der Waals surface area contributed by atoms with E-state index in [1.54, 1.807) is 11.6 Å². The SMILES string of the molecule is S=C=Nc1ccccc1-c1nc(-c2cscn2)no1. The van der Waals surface area contributed by atoms with Gasteiger partial charge in [-0.05, 0) is 24.4 Å². The van der Waals surface area contributed by atoms with E-state index in [1.165, 1.54) is 11.3 Å². The molecule has 7 heteroatoms. The van der Waals surface area contributed by atoms with Crippen molar-refractivity contribution in [2.24, 2.45) is 4.99 Å².